The molecular weight excluding hydrogens is 1900 g/mol. The lowest BCUT2D eigenvalue weighted by Crippen LogP contribution is -2.72. The fourth-order valence-electron chi connectivity index (χ4n) is 28.1. The second-order valence-electron chi connectivity index (χ2n) is 45.8. The van der Waals surface area contributed by atoms with Crippen LogP contribution >= 0.6 is 11.6 Å². The molecule has 0 amide bonds. The van der Waals surface area contributed by atoms with Crippen LogP contribution in [0.1, 0.15) is 292 Å². The molecular formula is C109H205ClO19Si9. The molecule has 3 aliphatic heterocycles. The fourth-order valence-corrected chi connectivity index (χ4v) is 53.9. The maximum atomic E-state index is 16.9. The monoisotopic (exact) mass is 2110 g/mol. The molecule has 7 fully saturated rings. The quantitative estimate of drug-likeness (QED) is 0.0149. The van der Waals surface area contributed by atoms with Crippen molar-refractivity contribution in [2.24, 2.45) is 56.7 Å². The van der Waals surface area contributed by atoms with E-state index in [9.17, 15) is 0 Å². The van der Waals surface area contributed by atoms with Gasteiger partial charge in [-0.3, -0.25) is 4.79 Å². The van der Waals surface area contributed by atoms with Crippen LogP contribution in [0.5, 0.6) is 0 Å². The number of hydrogen-bond acceptors (Lipinski definition) is 19. The molecule has 0 radical (unpaired) electrons. The molecule has 0 N–H and O–H groups in total. The first-order chi connectivity index (χ1) is 65.6. The number of ether oxygens (including phenoxy) is 7. The van der Waals surface area contributed by atoms with Crippen LogP contribution in [-0.2, 0) is 94.0 Å². The van der Waals surface area contributed by atoms with Crippen molar-refractivity contribution in [1.29, 1.82) is 0 Å². The van der Waals surface area contributed by atoms with Crippen molar-refractivity contribution in [1.82, 2.24) is 0 Å². The molecule has 798 valence electrons. The highest BCUT2D eigenvalue weighted by atomic mass is 35.5. The van der Waals surface area contributed by atoms with Gasteiger partial charge in [-0.25, -0.2) is 4.79 Å². The van der Waals surface area contributed by atoms with Crippen LogP contribution in [0.15, 0.2) is 42.0 Å². The number of aldehydes is 1. The van der Waals surface area contributed by atoms with E-state index >= 15 is 14.4 Å². The highest BCUT2D eigenvalue weighted by Gasteiger charge is 2.70. The summed E-state index contributed by atoms with van der Waals surface area (Å²) in [6.45, 7) is 76.9. The summed E-state index contributed by atoms with van der Waals surface area (Å²) in [7, 11) is -23.6. The molecule has 8 aliphatic rings. The Morgan fingerprint density at radius 3 is 1.31 bits per heavy atom. The van der Waals surface area contributed by atoms with Crippen molar-refractivity contribution in [3.63, 3.8) is 0 Å². The summed E-state index contributed by atoms with van der Waals surface area (Å²) in [6, 6.07) is 33.5. The molecule has 9 rings (SSSR count). The first kappa shape index (κ1) is 121. The van der Waals surface area contributed by atoms with Crippen molar-refractivity contribution >= 4 is 104 Å². The van der Waals surface area contributed by atoms with Crippen LogP contribution in [0, 0.1) is 56.7 Å². The molecule has 3 saturated heterocycles. The Kier molecular flexibility index (Phi) is 45.1. The van der Waals surface area contributed by atoms with E-state index in [1.165, 1.54) is 11.9 Å². The van der Waals surface area contributed by atoms with Gasteiger partial charge in [-0.05, 0) is 284 Å². The van der Waals surface area contributed by atoms with Crippen LogP contribution in [-0.4, -0.2) is 204 Å². The average molecular weight is 2110 g/mol. The van der Waals surface area contributed by atoms with Gasteiger partial charge in [0.25, 0.3) is 0 Å². The maximum absolute atomic E-state index is 16.9. The van der Waals surface area contributed by atoms with E-state index in [1.807, 2.05) is 30.3 Å². The summed E-state index contributed by atoms with van der Waals surface area (Å²) >= 11 is 7.33. The third kappa shape index (κ3) is 24.7. The first-order valence-electron chi connectivity index (χ1n) is 57.1. The molecule has 138 heavy (non-hydrogen) atoms. The second-order valence-corrected chi connectivity index (χ2v) is 88.7. The largest absolute Gasteiger partial charge is 0.459 e. The highest BCUT2D eigenvalue weighted by Crippen LogP contribution is 2.71. The molecule has 3 heterocycles. The van der Waals surface area contributed by atoms with Crippen LogP contribution < -0.4 is 0 Å². The van der Waals surface area contributed by atoms with Gasteiger partial charge in [0.2, 0.25) is 5.24 Å². The number of fused-ring (bicyclic) bond motifs is 6. The topological polar surface area (TPSA) is 199 Å². The predicted molar refractivity (Wildman–Crippen MR) is 588 cm³/mol. The van der Waals surface area contributed by atoms with E-state index < -0.39 is 184 Å². The molecule has 29 heteroatoms. The summed E-state index contributed by atoms with van der Waals surface area (Å²) in [5.74, 6) is -0.236. The zero-order valence-corrected chi connectivity index (χ0v) is 104. The summed E-state index contributed by atoms with van der Waals surface area (Å²) in [4.78, 5) is 47.9. The highest BCUT2D eigenvalue weighted by molar-refractivity contribution is 6.77. The lowest BCUT2D eigenvalue weighted by molar-refractivity contribution is -0.387. The molecule has 0 bridgehead atoms. The standard InChI is InChI=1S/C109H205ClO19Si9/c1-34-130(35-2,36-3)116-78-86-91(124-133(43-10,44-11)45-12)94(126-135(49-16,50-17)51-18)99(129-138(58-25,59-26)60-27)103(117-86)121-97-93(119-101-98(128-137(55-22,56-23)57-24)92(125-134(46-13,47-14)48-15)87(77-115-101)122-131(37-4,38-5)39-6)95(127-136(52-19,53-20)54-21)96(100(112)114-76-81-64-62-61-63-65-81)120-102(97)118-89-70-71-106(31)83-67-68-84-85-74-105(29,30)72-73-109(85,104(110)113)90(123-132(40-7,41-8)42-9)75-107(84,32)80(28)82(83)66-69-88(106)108(89,33)79-111/h61-65,68,79-80,82-83,85-99,101-103H,34-60,66-67,69-78H2,1-33H3/t80?,82?,83?,85?,86?,87-,88?,89+,90+,91+,92?,93?,94?,95+,96?,97?,98?,99?,101+,102-,103+,106?,107?,108?,109-/m1/s1. The first-order valence-corrected chi connectivity index (χ1v) is 80.3. The van der Waals surface area contributed by atoms with Crippen LogP contribution in [0.25, 0.3) is 0 Å². The third-order valence-corrected chi connectivity index (χ3v) is 83.0. The summed E-state index contributed by atoms with van der Waals surface area (Å²) in [6.07, 6.45) is -4.60. The van der Waals surface area contributed by atoms with E-state index in [1.54, 1.807) is 0 Å². The number of halogens is 1. The van der Waals surface area contributed by atoms with E-state index in [0.717, 1.165) is 196 Å². The van der Waals surface area contributed by atoms with Gasteiger partial charge in [-0.15, -0.1) is 0 Å². The average Bonchev–Trinajstić information content (AvgIpc) is 1.37. The van der Waals surface area contributed by atoms with Crippen molar-refractivity contribution in [2.75, 3.05) is 13.2 Å². The van der Waals surface area contributed by atoms with Crippen LogP contribution in [0.2, 0.25) is 163 Å². The Labute approximate surface area is 856 Å². The van der Waals surface area contributed by atoms with E-state index in [-0.39, 0.29) is 77.0 Å². The number of hydrogen-bond donors (Lipinski definition) is 0. The Bertz CT molecular complexity index is 3820. The Morgan fingerprint density at radius 1 is 0.428 bits per heavy atom. The Hall–Kier alpha value is -0.588. The van der Waals surface area contributed by atoms with E-state index in [4.69, 9.17) is 84.6 Å². The van der Waals surface area contributed by atoms with Gasteiger partial charge in [0, 0.05) is 0 Å². The van der Waals surface area contributed by atoms with Gasteiger partial charge >= 0.3 is 5.97 Å². The van der Waals surface area contributed by atoms with Gasteiger partial charge in [0.05, 0.1) is 42.4 Å². The SMILES string of the molecule is CC[Si](CC)(CC)OCC1O[C@@H](OC2C(O[C@@H]3OC[C@@H](O[Si](CC)(CC)CC)C(O[Si](CC)(CC)CC)C3O[Si](CC)(CC)CC)[C@H](O[Si](CC)(CC)CC)C(C(=O)OCc3ccccc3)O[C@H]2O[C@H]2CCC3(C)C4CC=C5C6CC(C)(C)CC[C@]6(C(=O)Cl)[C@@H](O[Si](CC)(CC)CC)CC5(C)C(C)C4CCC3C2(C)C=O)C(O[Si](CC)(CC)CC)C(O[Si](CC)(CC)CC)[C@H]1O[Si](CC)(CC)CC. The minimum Gasteiger partial charge on any atom is -0.459 e. The maximum Gasteiger partial charge on any atom is 0.338 e. The van der Waals surface area contributed by atoms with Crippen LogP contribution in [0.4, 0.5) is 0 Å². The number of rotatable bonds is 57. The van der Waals surface area contributed by atoms with Gasteiger partial charge < -0.3 is 77.8 Å². The number of allylic oxidation sites excluding steroid dienone is 2. The van der Waals surface area contributed by atoms with E-state index in [0.29, 0.717) is 31.0 Å². The van der Waals surface area contributed by atoms with Gasteiger partial charge in [0.15, 0.2) is 99.8 Å². The van der Waals surface area contributed by atoms with Crippen molar-refractivity contribution in [2.45, 2.75) is 554 Å². The lowest BCUT2D eigenvalue weighted by atomic mass is 9.42. The number of carbonyl (C=O) groups excluding carboxylic acids is 3. The van der Waals surface area contributed by atoms with Crippen LogP contribution in [0.3, 0.4) is 0 Å². The zero-order valence-electron chi connectivity index (χ0n) is 93.9. The predicted octanol–water partition coefficient (Wildman–Crippen LogP) is 29.4. The minimum absolute atomic E-state index is 0.0192. The third-order valence-electron chi connectivity index (χ3n) is 40.9. The zero-order chi connectivity index (χ0) is 102. The molecule has 5 aliphatic carbocycles. The molecule has 1 aromatic carbocycles. The minimum atomic E-state index is -2.99. The lowest BCUT2D eigenvalue weighted by Gasteiger charge is -2.64. The molecule has 25 atom stereocenters. The molecule has 4 saturated carbocycles. The number of benzene rings is 1. The molecule has 19 nitrogen and oxygen atoms in total. The normalized spacial score (nSPS) is 33.6. The summed E-state index contributed by atoms with van der Waals surface area (Å²) in [5, 5.41) is -0.227. The molecule has 16 unspecified atom stereocenters. The van der Waals surface area contributed by atoms with Gasteiger partial charge in [-0.1, -0.05) is 270 Å². The molecule has 0 aromatic heterocycles. The number of esters is 1. The van der Waals surface area contributed by atoms with Crippen molar-refractivity contribution in [3.05, 3.63) is 47.5 Å². The molecule has 0 spiro atoms. The van der Waals surface area contributed by atoms with Crippen molar-refractivity contribution < 1.29 is 87.4 Å². The Morgan fingerprint density at radius 2 is 0.848 bits per heavy atom. The smallest absolute Gasteiger partial charge is 0.338 e. The van der Waals surface area contributed by atoms with E-state index in [2.05, 4.69) is 235 Å². The fraction of sp³-hybridized carbons (Fsp3) is 0.899. The summed E-state index contributed by atoms with van der Waals surface area (Å²) in [5.41, 5.74) is -0.469. The number of carbonyl (C=O) groups is 3. The van der Waals surface area contributed by atoms with Gasteiger partial charge in [-0.2, -0.15) is 0 Å². The van der Waals surface area contributed by atoms with Gasteiger partial charge in [0.1, 0.15) is 67.8 Å². The molecule has 1 aromatic rings. The summed E-state index contributed by atoms with van der Waals surface area (Å²) < 4.78 is 130. The second kappa shape index (κ2) is 51.5. The Balaban J connectivity index is 1.38. The van der Waals surface area contributed by atoms with Crippen molar-refractivity contribution in [3.8, 4) is 0 Å².